The first-order chi connectivity index (χ1) is 10.2. The van der Waals surface area contributed by atoms with E-state index in [1.165, 1.54) is 24.5 Å². The molecule has 0 spiro atoms. The number of aromatic nitrogens is 1. The highest BCUT2D eigenvalue weighted by atomic mass is 79.9. The Bertz CT molecular complexity index is 599. The van der Waals surface area contributed by atoms with Gasteiger partial charge in [-0.25, -0.2) is 4.39 Å². The highest BCUT2D eigenvalue weighted by molar-refractivity contribution is 9.10. The van der Waals surface area contributed by atoms with Crippen LogP contribution in [-0.4, -0.2) is 11.1 Å². The molecule has 3 rings (SSSR count). The van der Waals surface area contributed by atoms with Crippen LogP contribution < -0.4 is 5.32 Å². The second-order valence-electron chi connectivity index (χ2n) is 5.77. The lowest BCUT2D eigenvalue weighted by molar-refractivity contribution is 0.495. The molecule has 0 amide bonds. The molecule has 1 aliphatic carbocycles. The monoisotopic (exact) mass is 350 g/mol. The van der Waals surface area contributed by atoms with Gasteiger partial charge in [0.05, 0.1) is 0 Å². The maximum absolute atomic E-state index is 13.4. The smallest absolute Gasteiger partial charge is 0.124 e. The molecule has 1 saturated carbocycles. The van der Waals surface area contributed by atoms with Gasteiger partial charge in [-0.3, -0.25) is 0 Å². The molecule has 1 aromatic carbocycles. The van der Waals surface area contributed by atoms with Crippen molar-refractivity contribution in [3.8, 4) is 0 Å². The topological polar surface area (TPSA) is 17.0 Å². The number of benzene rings is 1. The molecule has 0 bridgehead atoms. The Kier molecular flexibility index (Phi) is 4.45. The largest absolute Gasteiger partial charge is 0.350 e. The van der Waals surface area contributed by atoms with E-state index >= 15 is 0 Å². The summed E-state index contributed by atoms with van der Waals surface area (Å²) >= 11 is 3.34. The molecular formula is C17H20BrFN2. The zero-order valence-corrected chi connectivity index (χ0v) is 13.7. The average Bonchev–Trinajstić information content (AvgIpc) is 3.15. The maximum Gasteiger partial charge on any atom is 0.124 e. The lowest BCUT2D eigenvalue weighted by Gasteiger charge is -2.15. The summed E-state index contributed by atoms with van der Waals surface area (Å²) in [5.41, 5.74) is 2.31. The van der Waals surface area contributed by atoms with Crippen LogP contribution in [0.15, 0.2) is 41.1 Å². The summed E-state index contributed by atoms with van der Waals surface area (Å²) in [5, 5.41) is 3.58. The molecule has 1 aromatic heterocycles. The van der Waals surface area contributed by atoms with Crippen molar-refractivity contribution in [1.82, 2.24) is 9.88 Å². The molecule has 21 heavy (non-hydrogen) atoms. The molecule has 2 nitrogen and oxygen atoms in total. The van der Waals surface area contributed by atoms with Crippen molar-refractivity contribution in [1.29, 1.82) is 0 Å². The van der Waals surface area contributed by atoms with Crippen molar-refractivity contribution >= 4 is 15.9 Å². The third-order valence-electron chi connectivity index (χ3n) is 3.94. The SMILES string of the molecule is CCNC(c1ccn(Cc2cc(F)cc(Br)c2)c1)C1CC1. The van der Waals surface area contributed by atoms with Crippen LogP contribution in [-0.2, 0) is 6.54 Å². The van der Waals surface area contributed by atoms with E-state index in [1.807, 2.05) is 6.07 Å². The fourth-order valence-corrected chi connectivity index (χ4v) is 3.37. The van der Waals surface area contributed by atoms with Crippen molar-refractivity contribution in [3.05, 3.63) is 58.1 Å². The molecule has 1 aliphatic rings. The van der Waals surface area contributed by atoms with Gasteiger partial charge in [0.15, 0.2) is 0 Å². The molecule has 4 heteroatoms. The van der Waals surface area contributed by atoms with Crippen LogP contribution in [0.2, 0.25) is 0 Å². The first kappa shape index (κ1) is 14.8. The van der Waals surface area contributed by atoms with Crippen LogP contribution in [0.3, 0.4) is 0 Å². The predicted octanol–water partition coefficient (Wildman–Crippen LogP) is 4.50. The first-order valence-electron chi connectivity index (χ1n) is 7.49. The summed E-state index contributed by atoms with van der Waals surface area (Å²) in [6.45, 7) is 3.83. The standard InChI is InChI=1S/C17H20BrFN2/c1-2-20-17(13-3-4-13)14-5-6-21(11-14)10-12-7-15(18)9-16(19)8-12/h5-9,11,13,17,20H,2-4,10H2,1H3. The first-order valence-corrected chi connectivity index (χ1v) is 8.29. The molecular weight excluding hydrogens is 331 g/mol. The van der Waals surface area contributed by atoms with Gasteiger partial charge in [0.25, 0.3) is 0 Å². The van der Waals surface area contributed by atoms with Gasteiger partial charge in [0.1, 0.15) is 5.82 Å². The van der Waals surface area contributed by atoms with Crippen LogP contribution in [0, 0.1) is 11.7 Å². The van der Waals surface area contributed by atoms with Crippen LogP contribution in [0.5, 0.6) is 0 Å². The molecule has 1 unspecified atom stereocenters. The number of hydrogen-bond acceptors (Lipinski definition) is 1. The number of nitrogens with zero attached hydrogens (tertiary/aromatic N) is 1. The van der Waals surface area contributed by atoms with Gasteiger partial charge in [-0.15, -0.1) is 0 Å². The highest BCUT2D eigenvalue weighted by Gasteiger charge is 2.31. The molecule has 0 aliphatic heterocycles. The Balaban J connectivity index is 1.75. The van der Waals surface area contributed by atoms with E-state index in [-0.39, 0.29) is 5.82 Å². The summed E-state index contributed by atoms with van der Waals surface area (Å²) in [6, 6.07) is 7.69. The number of rotatable bonds is 6. The molecule has 1 N–H and O–H groups in total. The van der Waals surface area contributed by atoms with Crippen molar-refractivity contribution in [3.63, 3.8) is 0 Å². The van der Waals surface area contributed by atoms with Crippen molar-refractivity contribution in [2.75, 3.05) is 6.54 Å². The van der Waals surface area contributed by atoms with Crippen LogP contribution in [0.1, 0.15) is 36.9 Å². The fourth-order valence-electron chi connectivity index (χ4n) is 2.86. The third kappa shape index (κ3) is 3.74. The normalized spacial score (nSPS) is 16.1. The van der Waals surface area contributed by atoms with E-state index in [9.17, 15) is 4.39 Å². The van der Waals surface area contributed by atoms with E-state index in [1.54, 1.807) is 6.07 Å². The minimum absolute atomic E-state index is 0.199. The Morgan fingerprint density at radius 1 is 1.38 bits per heavy atom. The Labute approximate surface area is 133 Å². The zero-order valence-electron chi connectivity index (χ0n) is 12.2. The van der Waals surface area contributed by atoms with Crippen LogP contribution >= 0.6 is 15.9 Å². The Hall–Kier alpha value is -1.13. The highest BCUT2D eigenvalue weighted by Crippen LogP contribution is 2.41. The minimum Gasteiger partial charge on any atom is -0.350 e. The van der Waals surface area contributed by atoms with Gasteiger partial charge in [-0.1, -0.05) is 22.9 Å². The summed E-state index contributed by atoms with van der Waals surface area (Å²) in [6.07, 6.45) is 6.91. The Morgan fingerprint density at radius 2 is 2.19 bits per heavy atom. The van der Waals surface area contributed by atoms with Crippen LogP contribution in [0.4, 0.5) is 4.39 Å². The lowest BCUT2D eigenvalue weighted by Crippen LogP contribution is -2.22. The van der Waals surface area contributed by atoms with Gasteiger partial charge in [-0.05, 0) is 60.7 Å². The lowest BCUT2D eigenvalue weighted by atomic mass is 10.1. The van der Waals surface area contributed by atoms with Crippen molar-refractivity contribution in [2.24, 2.45) is 5.92 Å². The third-order valence-corrected chi connectivity index (χ3v) is 4.40. The summed E-state index contributed by atoms with van der Waals surface area (Å²) in [5.74, 6) is 0.583. The second kappa shape index (κ2) is 6.32. The number of hydrogen-bond donors (Lipinski definition) is 1. The molecule has 1 heterocycles. The molecule has 0 radical (unpaired) electrons. The van der Waals surface area contributed by atoms with E-state index in [4.69, 9.17) is 0 Å². The molecule has 1 atom stereocenters. The number of nitrogens with one attached hydrogen (secondary N) is 1. The van der Waals surface area contributed by atoms with E-state index < -0.39 is 0 Å². The van der Waals surface area contributed by atoms with Gasteiger partial charge in [-0.2, -0.15) is 0 Å². The molecule has 1 fully saturated rings. The van der Waals surface area contributed by atoms with Gasteiger partial charge >= 0.3 is 0 Å². The van der Waals surface area contributed by atoms with Crippen molar-refractivity contribution < 1.29 is 4.39 Å². The van der Waals surface area contributed by atoms with E-state index in [0.29, 0.717) is 12.6 Å². The zero-order chi connectivity index (χ0) is 14.8. The van der Waals surface area contributed by atoms with Crippen LogP contribution in [0.25, 0.3) is 0 Å². The second-order valence-corrected chi connectivity index (χ2v) is 6.68. The summed E-state index contributed by atoms with van der Waals surface area (Å²) in [7, 11) is 0. The maximum atomic E-state index is 13.4. The van der Waals surface area contributed by atoms with Gasteiger partial charge < -0.3 is 9.88 Å². The predicted molar refractivity (Wildman–Crippen MR) is 86.8 cm³/mol. The van der Waals surface area contributed by atoms with Gasteiger partial charge in [0, 0.05) is 29.5 Å². The average molecular weight is 351 g/mol. The quantitative estimate of drug-likeness (QED) is 0.811. The minimum atomic E-state index is -0.199. The van der Waals surface area contributed by atoms with Gasteiger partial charge in [0.2, 0.25) is 0 Å². The molecule has 2 aromatic rings. The summed E-state index contributed by atoms with van der Waals surface area (Å²) < 4.78 is 16.3. The van der Waals surface area contributed by atoms with Crippen molar-refractivity contribution in [2.45, 2.75) is 32.4 Å². The molecule has 0 saturated heterocycles. The fraction of sp³-hybridized carbons (Fsp3) is 0.412. The van der Waals surface area contributed by atoms with E-state index in [0.717, 1.165) is 22.5 Å². The number of halogens is 2. The Morgan fingerprint density at radius 3 is 2.86 bits per heavy atom. The van der Waals surface area contributed by atoms with E-state index in [2.05, 4.69) is 51.2 Å². The summed E-state index contributed by atoms with van der Waals surface area (Å²) in [4.78, 5) is 0. The molecule has 112 valence electrons.